The van der Waals surface area contributed by atoms with Crippen molar-refractivity contribution in [1.82, 2.24) is 19.7 Å². The molecule has 14 heavy (non-hydrogen) atoms. The lowest BCUT2D eigenvalue weighted by Crippen LogP contribution is -2.01. The largest absolute Gasteiger partial charge is 0.337 e. The van der Waals surface area contributed by atoms with Gasteiger partial charge in [-0.2, -0.15) is 4.98 Å². The van der Waals surface area contributed by atoms with Crippen molar-refractivity contribution in [2.24, 2.45) is 0 Å². The standard InChI is InChI=1S/C8H10N4OS/c1-5-3-9-8(14)12(5)4-7-10-6(2)11-13-7/h3H,4H2,1-2H3,(H,9,14). The summed E-state index contributed by atoms with van der Waals surface area (Å²) in [5.74, 6) is 1.21. The maximum Gasteiger partial charge on any atom is 0.246 e. The molecule has 74 valence electrons. The number of nitrogens with one attached hydrogen (secondary N) is 1. The molecule has 2 rings (SSSR count). The predicted octanol–water partition coefficient (Wildman–Crippen LogP) is 1.59. The number of aryl methyl sites for hydroxylation is 2. The molecule has 0 fully saturated rings. The van der Waals surface area contributed by atoms with E-state index in [4.69, 9.17) is 16.7 Å². The molecule has 0 amide bonds. The van der Waals surface area contributed by atoms with Crippen molar-refractivity contribution in [2.45, 2.75) is 20.4 Å². The Balaban J connectivity index is 2.31. The van der Waals surface area contributed by atoms with E-state index in [9.17, 15) is 0 Å². The second-order valence-electron chi connectivity index (χ2n) is 3.06. The minimum Gasteiger partial charge on any atom is -0.337 e. The summed E-state index contributed by atoms with van der Waals surface area (Å²) in [6, 6.07) is 0. The van der Waals surface area contributed by atoms with Gasteiger partial charge in [0.1, 0.15) is 6.54 Å². The molecule has 0 aliphatic heterocycles. The van der Waals surface area contributed by atoms with Gasteiger partial charge in [-0.1, -0.05) is 5.16 Å². The summed E-state index contributed by atoms with van der Waals surface area (Å²) in [7, 11) is 0. The van der Waals surface area contributed by atoms with E-state index < -0.39 is 0 Å². The number of aromatic amines is 1. The van der Waals surface area contributed by atoms with Gasteiger partial charge in [-0.05, 0) is 26.1 Å². The maximum atomic E-state index is 5.10. The predicted molar refractivity (Wildman–Crippen MR) is 52.5 cm³/mol. The second-order valence-corrected chi connectivity index (χ2v) is 3.44. The monoisotopic (exact) mass is 210 g/mol. The first-order valence-corrected chi connectivity index (χ1v) is 4.61. The lowest BCUT2D eigenvalue weighted by atomic mass is 10.5. The van der Waals surface area contributed by atoms with Crippen molar-refractivity contribution in [3.8, 4) is 0 Å². The second kappa shape index (κ2) is 3.38. The van der Waals surface area contributed by atoms with Crippen LogP contribution < -0.4 is 0 Å². The molecular formula is C8H10N4OS. The molecule has 6 heteroatoms. The number of hydrogen-bond acceptors (Lipinski definition) is 4. The van der Waals surface area contributed by atoms with Crippen LogP contribution in [-0.4, -0.2) is 19.7 Å². The van der Waals surface area contributed by atoms with Crippen molar-refractivity contribution in [3.63, 3.8) is 0 Å². The van der Waals surface area contributed by atoms with Crippen molar-refractivity contribution in [1.29, 1.82) is 0 Å². The molecule has 2 aromatic rings. The van der Waals surface area contributed by atoms with E-state index >= 15 is 0 Å². The average Bonchev–Trinajstić information content (AvgIpc) is 2.67. The zero-order valence-electron chi connectivity index (χ0n) is 7.94. The van der Waals surface area contributed by atoms with Crippen molar-refractivity contribution in [3.05, 3.63) is 28.4 Å². The SMILES string of the molecule is Cc1noc(Cn2c(C)c[nH]c2=S)n1. The van der Waals surface area contributed by atoms with Gasteiger partial charge in [0.15, 0.2) is 10.6 Å². The Labute approximate surface area is 85.8 Å². The van der Waals surface area contributed by atoms with Crippen LogP contribution in [0.5, 0.6) is 0 Å². The van der Waals surface area contributed by atoms with Crippen LogP contribution in [0.15, 0.2) is 10.7 Å². The molecule has 0 spiro atoms. The molecule has 5 nitrogen and oxygen atoms in total. The Morgan fingerprint density at radius 1 is 1.57 bits per heavy atom. The summed E-state index contributed by atoms with van der Waals surface area (Å²) in [5.41, 5.74) is 1.05. The summed E-state index contributed by atoms with van der Waals surface area (Å²) >= 11 is 5.10. The summed E-state index contributed by atoms with van der Waals surface area (Å²) in [4.78, 5) is 7.06. The third-order valence-electron chi connectivity index (χ3n) is 1.94. The molecule has 0 unspecified atom stereocenters. The lowest BCUT2D eigenvalue weighted by molar-refractivity contribution is 0.366. The molecule has 0 radical (unpaired) electrons. The van der Waals surface area contributed by atoms with Gasteiger partial charge < -0.3 is 14.1 Å². The van der Waals surface area contributed by atoms with E-state index in [1.165, 1.54) is 0 Å². The van der Waals surface area contributed by atoms with Crippen LogP contribution in [0.1, 0.15) is 17.4 Å². The highest BCUT2D eigenvalue weighted by Crippen LogP contribution is 2.04. The molecule has 0 aromatic carbocycles. The van der Waals surface area contributed by atoms with Crippen LogP contribution in [0.25, 0.3) is 0 Å². The molecular weight excluding hydrogens is 200 g/mol. The van der Waals surface area contributed by atoms with Crippen molar-refractivity contribution < 1.29 is 4.52 Å². The molecule has 1 N–H and O–H groups in total. The highest BCUT2D eigenvalue weighted by atomic mass is 32.1. The van der Waals surface area contributed by atoms with Gasteiger partial charge in [0.05, 0.1) is 0 Å². The van der Waals surface area contributed by atoms with E-state index in [1.54, 1.807) is 6.92 Å². The van der Waals surface area contributed by atoms with Crippen LogP contribution in [0.2, 0.25) is 0 Å². The molecule has 0 saturated carbocycles. The highest BCUT2D eigenvalue weighted by Gasteiger charge is 2.06. The van der Waals surface area contributed by atoms with Crippen LogP contribution in [0.3, 0.4) is 0 Å². The van der Waals surface area contributed by atoms with E-state index in [2.05, 4.69) is 15.1 Å². The van der Waals surface area contributed by atoms with Gasteiger partial charge in [0.2, 0.25) is 5.89 Å². The van der Waals surface area contributed by atoms with Gasteiger partial charge >= 0.3 is 0 Å². The quantitative estimate of drug-likeness (QED) is 0.765. The van der Waals surface area contributed by atoms with E-state index in [0.29, 0.717) is 23.0 Å². The fraction of sp³-hybridized carbons (Fsp3) is 0.375. The third-order valence-corrected chi connectivity index (χ3v) is 2.28. The highest BCUT2D eigenvalue weighted by molar-refractivity contribution is 7.71. The van der Waals surface area contributed by atoms with Crippen LogP contribution in [0, 0.1) is 18.6 Å². The van der Waals surface area contributed by atoms with E-state index in [0.717, 1.165) is 5.69 Å². The molecule has 0 aliphatic rings. The Hall–Kier alpha value is -1.43. The summed E-state index contributed by atoms with van der Waals surface area (Å²) in [5, 5.41) is 3.71. The van der Waals surface area contributed by atoms with Gasteiger partial charge in [-0.25, -0.2) is 0 Å². The molecule has 2 heterocycles. The molecule has 0 atom stereocenters. The first-order valence-electron chi connectivity index (χ1n) is 4.21. The number of rotatable bonds is 2. The first kappa shape index (κ1) is 9.14. The smallest absolute Gasteiger partial charge is 0.246 e. The van der Waals surface area contributed by atoms with Gasteiger partial charge in [-0.15, -0.1) is 0 Å². The Kier molecular flexibility index (Phi) is 2.20. The Morgan fingerprint density at radius 3 is 2.86 bits per heavy atom. The summed E-state index contributed by atoms with van der Waals surface area (Å²) in [6.07, 6.45) is 1.85. The Morgan fingerprint density at radius 2 is 2.36 bits per heavy atom. The Bertz CT molecular complexity index is 495. The normalized spacial score (nSPS) is 10.7. The fourth-order valence-corrected chi connectivity index (χ4v) is 1.49. The third kappa shape index (κ3) is 1.60. The average molecular weight is 210 g/mol. The number of aromatic nitrogens is 4. The fourth-order valence-electron chi connectivity index (χ4n) is 1.22. The van der Waals surface area contributed by atoms with Crippen molar-refractivity contribution in [2.75, 3.05) is 0 Å². The van der Waals surface area contributed by atoms with E-state index in [1.807, 2.05) is 17.7 Å². The van der Waals surface area contributed by atoms with Gasteiger partial charge in [0.25, 0.3) is 0 Å². The number of hydrogen-bond donors (Lipinski definition) is 1. The maximum absolute atomic E-state index is 5.10. The van der Waals surface area contributed by atoms with Crippen LogP contribution in [0.4, 0.5) is 0 Å². The van der Waals surface area contributed by atoms with Crippen LogP contribution in [-0.2, 0) is 6.54 Å². The first-order chi connectivity index (χ1) is 6.66. The summed E-state index contributed by atoms with van der Waals surface area (Å²) < 4.78 is 7.58. The van der Waals surface area contributed by atoms with Crippen LogP contribution >= 0.6 is 12.2 Å². The van der Waals surface area contributed by atoms with Crippen molar-refractivity contribution >= 4 is 12.2 Å². The number of imidazole rings is 1. The van der Waals surface area contributed by atoms with Gasteiger partial charge in [-0.3, -0.25) is 0 Å². The minimum atomic E-state index is 0.523. The molecule has 2 aromatic heterocycles. The number of nitrogens with zero attached hydrogens (tertiary/aromatic N) is 3. The molecule has 0 saturated heterocycles. The zero-order chi connectivity index (χ0) is 10.1. The minimum absolute atomic E-state index is 0.523. The molecule has 0 aliphatic carbocycles. The van der Waals surface area contributed by atoms with E-state index in [-0.39, 0.29) is 0 Å². The topological polar surface area (TPSA) is 59.6 Å². The summed E-state index contributed by atoms with van der Waals surface area (Å²) in [6.45, 7) is 4.28. The van der Waals surface area contributed by atoms with Gasteiger partial charge in [0, 0.05) is 11.9 Å². The zero-order valence-corrected chi connectivity index (χ0v) is 8.76. The number of H-pyrrole nitrogens is 1. The molecule has 0 bridgehead atoms. The lowest BCUT2D eigenvalue weighted by Gasteiger charge is -1.99.